The first-order valence-electron chi connectivity index (χ1n) is 11.8. The zero-order chi connectivity index (χ0) is 21.9. The second kappa shape index (κ2) is 12.7. The maximum absolute atomic E-state index is 12.2. The van der Waals surface area contributed by atoms with Crippen LogP contribution >= 0.6 is 0 Å². The van der Waals surface area contributed by atoms with Crippen molar-refractivity contribution in [2.75, 3.05) is 26.2 Å². The molecule has 2 fully saturated rings. The highest BCUT2D eigenvalue weighted by Gasteiger charge is 2.34. The molecule has 0 bridgehead atoms. The fourth-order valence-corrected chi connectivity index (χ4v) is 4.13. The number of likely N-dealkylation sites (tertiary alicyclic amines) is 2. The smallest absolute Gasteiger partial charge is 0.232 e. The monoisotopic (exact) mass is 421 g/mol. The van der Waals surface area contributed by atoms with E-state index in [9.17, 15) is 19.2 Å². The maximum Gasteiger partial charge on any atom is 0.232 e. The average Bonchev–Trinajstić information content (AvgIpc) is 2.96. The molecule has 0 aromatic carbocycles. The van der Waals surface area contributed by atoms with Crippen LogP contribution in [0, 0.1) is 11.8 Å². The number of unbranched alkanes of at least 4 members (excludes halogenated alkanes) is 4. The molecular weight excluding hydrogens is 382 g/mol. The minimum atomic E-state index is -0.185. The highest BCUT2D eigenvalue weighted by molar-refractivity contribution is 6.03. The Morgan fingerprint density at radius 2 is 1.60 bits per heavy atom. The molecule has 1 unspecified atom stereocenters. The summed E-state index contributed by atoms with van der Waals surface area (Å²) < 4.78 is 0. The Morgan fingerprint density at radius 3 is 2.27 bits per heavy atom. The van der Waals surface area contributed by atoms with Crippen molar-refractivity contribution < 1.29 is 19.2 Å². The summed E-state index contributed by atoms with van der Waals surface area (Å²) >= 11 is 0. The zero-order valence-electron chi connectivity index (χ0n) is 18.8. The molecule has 7 heteroatoms. The van der Waals surface area contributed by atoms with E-state index in [-0.39, 0.29) is 29.5 Å². The van der Waals surface area contributed by atoms with Crippen LogP contribution in [0.3, 0.4) is 0 Å². The van der Waals surface area contributed by atoms with E-state index in [1.807, 2.05) is 4.90 Å². The van der Waals surface area contributed by atoms with Gasteiger partial charge in [0.05, 0.1) is 0 Å². The lowest BCUT2D eigenvalue weighted by molar-refractivity contribution is -0.139. The molecule has 2 aliphatic heterocycles. The largest absolute Gasteiger partial charge is 0.356 e. The Morgan fingerprint density at radius 1 is 0.933 bits per heavy atom. The molecule has 0 aromatic heterocycles. The number of carbonyl (C=O) groups is 4. The van der Waals surface area contributed by atoms with Crippen LogP contribution in [0.15, 0.2) is 0 Å². The molecule has 170 valence electrons. The highest BCUT2D eigenvalue weighted by Crippen LogP contribution is 2.19. The molecule has 1 N–H and O–H groups in total. The summed E-state index contributed by atoms with van der Waals surface area (Å²) in [6, 6.07) is 0. The first-order chi connectivity index (χ1) is 14.4. The molecule has 0 aliphatic carbocycles. The lowest BCUT2D eigenvalue weighted by Crippen LogP contribution is -2.37. The number of piperidine rings is 1. The van der Waals surface area contributed by atoms with E-state index in [4.69, 9.17) is 0 Å². The standard InChI is InChI=1S/C23H39N3O4/c1-18-11-15-25(16-12-18)21(28)10-6-3-7-13-24-20(27)9-5-4-8-14-26-22(29)17-19(2)23(26)30/h18-19H,3-17H2,1-2H3,(H,24,27). The summed E-state index contributed by atoms with van der Waals surface area (Å²) in [6.07, 6.45) is 8.72. The summed E-state index contributed by atoms with van der Waals surface area (Å²) in [6.45, 7) is 6.97. The van der Waals surface area contributed by atoms with Gasteiger partial charge in [-0.25, -0.2) is 0 Å². The molecule has 0 radical (unpaired) electrons. The van der Waals surface area contributed by atoms with Crippen molar-refractivity contribution in [3.63, 3.8) is 0 Å². The second-order valence-corrected chi connectivity index (χ2v) is 9.02. The molecule has 2 aliphatic rings. The van der Waals surface area contributed by atoms with E-state index in [2.05, 4.69) is 12.2 Å². The Hall–Kier alpha value is -1.92. The molecule has 2 heterocycles. The third-order valence-electron chi connectivity index (χ3n) is 6.28. The fourth-order valence-electron chi connectivity index (χ4n) is 4.13. The first-order valence-corrected chi connectivity index (χ1v) is 11.8. The third-order valence-corrected chi connectivity index (χ3v) is 6.28. The topological polar surface area (TPSA) is 86.8 Å². The van der Waals surface area contributed by atoms with Crippen molar-refractivity contribution in [2.45, 2.75) is 84.5 Å². The molecule has 7 nitrogen and oxygen atoms in total. The molecule has 1 atom stereocenters. The summed E-state index contributed by atoms with van der Waals surface area (Å²) in [4.78, 5) is 51.0. The van der Waals surface area contributed by atoms with Gasteiger partial charge < -0.3 is 10.2 Å². The molecule has 0 saturated carbocycles. The highest BCUT2D eigenvalue weighted by atomic mass is 16.2. The quantitative estimate of drug-likeness (QED) is 0.388. The number of amides is 4. The first kappa shape index (κ1) is 24.4. The van der Waals surface area contributed by atoms with Gasteiger partial charge >= 0.3 is 0 Å². The van der Waals surface area contributed by atoms with Crippen LogP contribution < -0.4 is 5.32 Å². The van der Waals surface area contributed by atoms with E-state index >= 15 is 0 Å². The van der Waals surface area contributed by atoms with Gasteiger partial charge in [0.15, 0.2) is 0 Å². The molecule has 2 rings (SSSR count). The van der Waals surface area contributed by atoms with Crippen LogP contribution in [-0.2, 0) is 19.2 Å². The number of nitrogens with zero attached hydrogens (tertiary/aromatic N) is 2. The Bertz CT molecular complexity index is 599. The third kappa shape index (κ3) is 8.07. The van der Waals surface area contributed by atoms with Gasteiger partial charge in [-0.1, -0.05) is 26.7 Å². The fraction of sp³-hybridized carbons (Fsp3) is 0.826. The minimum Gasteiger partial charge on any atom is -0.356 e. The normalized spacial score (nSPS) is 20.1. The SMILES string of the molecule is CC1CCN(C(=O)CCCCCNC(=O)CCCCCN2C(=O)CC(C)C2=O)CC1. The number of imide groups is 1. The molecule has 30 heavy (non-hydrogen) atoms. The summed E-state index contributed by atoms with van der Waals surface area (Å²) in [5.74, 6) is 0.741. The lowest BCUT2D eigenvalue weighted by Gasteiger charge is -2.30. The van der Waals surface area contributed by atoms with Crippen LogP contribution in [0.25, 0.3) is 0 Å². The van der Waals surface area contributed by atoms with E-state index in [0.717, 1.165) is 70.4 Å². The summed E-state index contributed by atoms with van der Waals surface area (Å²) in [7, 11) is 0. The van der Waals surface area contributed by atoms with E-state index in [1.54, 1.807) is 6.92 Å². The predicted octanol–water partition coefficient (Wildman–Crippen LogP) is 2.88. The second-order valence-electron chi connectivity index (χ2n) is 9.02. The number of rotatable bonds is 12. The number of carbonyl (C=O) groups excluding carboxylic acids is 4. The predicted molar refractivity (Wildman–Crippen MR) is 115 cm³/mol. The van der Waals surface area contributed by atoms with Crippen LogP contribution in [-0.4, -0.2) is 59.6 Å². The van der Waals surface area contributed by atoms with Gasteiger partial charge in [-0.15, -0.1) is 0 Å². The van der Waals surface area contributed by atoms with Crippen LogP contribution in [0.4, 0.5) is 0 Å². The van der Waals surface area contributed by atoms with Crippen molar-refractivity contribution in [3.8, 4) is 0 Å². The van der Waals surface area contributed by atoms with Gasteiger partial charge in [-0.2, -0.15) is 0 Å². The average molecular weight is 422 g/mol. The van der Waals surface area contributed by atoms with E-state index in [1.165, 1.54) is 4.90 Å². The van der Waals surface area contributed by atoms with Gasteiger partial charge in [0.25, 0.3) is 0 Å². The summed E-state index contributed by atoms with van der Waals surface area (Å²) in [5, 5.41) is 2.94. The van der Waals surface area contributed by atoms with Gasteiger partial charge in [-0.05, 0) is 44.4 Å². The van der Waals surface area contributed by atoms with Gasteiger partial charge in [-0.3, -0.25) is 24.1 Å². The zero-order valence-corrected chi connectivity index (χ0v) is 18.8. The van der Waals surface area contributed by atoms with Crippen LogP contribution in [0.5, 0.6) is 0 Å². The Balaban J connectivity index is 1.41. The number of nitrogens with one attached hydrogen (secondary N) is 1. The number of hydrogen-bond acceptors (Lipinski definition) is 4. The molecular formula is C23H39N3O4. The molecule has 4 amide bonds. The van der Waals surface area contributed by atoms with Gasteiger partial charge in [0.1, 0.15) is 0 Å². The molecule has 0 aromatic rings. The Kier molecular flexibility index (Phi) is 10.3. The maximum atomic E-state index is 12.2. The van der Waals surface area contributed by atoms with Crippen molar-refractivity contribution >= 4 is 23.6 Å². The van der Waals surface area contributed by atoms with Gasteiger partial charge in [0, 0.05) is 51.4 Å². The van der Waals surface area contributed by atoms with Crippen molar-refractivity contribution in [2.24, 2.45) is 11.8 Å². The molecule has 0 spiro atoms. The van der Waals surface area contributed by atoms with Crippen LogP contribution in [0.2, 0.25) is 0 Å². The Labute approximate surface area is 180 Å². The van der Waals surface area contributed by atoms with Crippen molar-refractivity contribution in [1.82, 2.24) is 15.1 Å². The summed E-state index contributed by atoms with van der Waals surface area (Å²) in [5.41, 5.74) is 0. The van der Waals surface area contributed by atoms with E-state index in [0.29, 0.717) is 32.4 Å². The minimum absolute atomic E-state index is 0.0514. The number of hydrogen-bond donors (Lipinski definition) is 1. The molecule has 2 saturated heterocycles. The van der Waals surface area contributed by atoms with E-state index < -0.39 is 0 Å². The van der Waals surface area contributed by atoms with Crippen molar-refractivity contribution in [3.05, 3.63) is 0 Å². The lowest BCUT2D eigenvalue weighted by atomic mass is 9.99. The van der Waals surface area contributed by atoms with Gasteiger partial charge in [0.2, 0.25) is 23.6 Å². The van der Waals surface area contributed by atoms with Crippen molar-refractivity contribution in [1.29, 1.82) is 0 Å². The van der Waals surface area contributed by atoms with Crippen LogP contribution in [0.1, 0.15) is 84.5 Å².